The van der Waals surface area contributed by atoms with Gasteiger partial charge < -0.3 is 16.4 Å². The average molecular weight is 265 g/mol. The highest BCUT2D eigenvalue weighted by atomic mass is 32.1. The molecule has 18 heavy (non-hydrogen) atoms. The average Bonchev–Trinajstić information content (AvgIpc) is 2.66. The van der Waals surface area contributed by atoms with E-state index in [4.69, 9.17) is 5.73 Å². The molecule has 2 rings (SSSR count). The van der Waals surface area contributed by atoms with Crippen LogP contribution in [0, 0.1) is 6.92 Å². The SMILES string of the molecule is CCNc1nc(NCC(N)=O)c2cc(C)sc2n1. The number of rotatable bonds is 5. The molecule has 96 valence electrons. The van der Waals surface area contributed by atoms with Crippen molar-refractivity contribution in [2.24, 2.45) is 5.73 Å². The lowest BCUT2D eigenvalue weighted by atomic mass is 10.3. The number of carbonyl (C=O) groups excluding carboxylic acids is 1. The number of fused-ring (bicyclic) bond motifs is 1. The van der Waals surface area contributed by atoms with Crippen molar-refractivity contribution >= 4 is 39.2 Å². The van der Waals surface area contributed by atoms with Crippen molar-refractivity contribution in [2.75, 3.05) is 23.7 Å². The van der Waals surface area contributed by atoms with Crippen LogP contribution in [0.2, 0.25) is 0 Å². The standard InChI is InChI=1S/C11H15N5OS/c1-3-13-11-15-9(14-5-8(12)17)7-4-6(2)18-10(7)16-11/h4H,3,5H2,1-2H3,(H2,12,17)(H2,13,14,15,16). The summed E-state index contributed by atoms with van der Waals surface area (Å²) in [5.41, 5.74) is 5.13. The number of hydrogen-bond donors (Lipinski definition) is 3. The fraction of sp³-hybridized carbons (Fsp3) is 0.364. The Bertz CT molecular complexity index is 580. The third-order valence-electron chi connectivity index (χ3n) is 2.28. The van der Waals surface area contributed by atoms with E-state index in [0.717, 1.165) is 21.6 Å². The number of hydrogen-bond acceptors (Lipinski definition) is 6. The number of amides is 1. The molecule has 0 saturated heterocycles. The molecule has 0 aromatic carbocycles. The summed E-state index contributed by atoms with van der Waals surface area (Å²) >= 11 is 1.59. The van der Waals surface area contributed by atoms with Crippen molar-refractivity contribution in [1.29, 1.82) is 0 Å². The van der Waals surface area contributed by atoms with Crippen LogP contribution < -0.4 is 16.4 Å². The number of nitrogens with one attached hydrogen (secondary N) is 2. The van der Waals surface area contributed by atoms with Gasteiger partial charge in [0.05, 0.1) is 11.9 Å². The van der Waals surface area contributed by atoms with Crippen LogP contribution in [0.25, 0.3) is 10.2 Å². The predicted octanol–water partition coefficient (Wildman–Crippen LogP) is 1.33. The number of primary amides is 1. The number of nitrogens with zero attached hydrogens (tertiary/aromatic N) is 2. The van der Waals surface area contributed by atoms with E-state index in [-0.39, 0.29) is 6.54 Å². The molecule has 0 aliphatic heterocycles. The summed E-state index contributed by atoms with van der Waals surface area (Å²) in [6.07, 6.45) is 0. The largest absolute Gasteiger partial charge is 0.368 e. The summed E-state index contributed by atoms with van der Waals surface area (Å²) in [6, 6.07) is 2.00. The molecular weight excluding hydrogens is 250 g/mol. The number of nitrogens with two attached hydrogens (primary N) is 1. The first-order chi connectivity index (χ1) is 8.60. The second-order valence-electron chi connectivity index (χ2n) is 3.82. The Kier molecular flexibility index (Phi) is 3.61. The summed E-state index contributed by atoms with van der Waals surface area (Å²) in [4.78, 5) is 21.6. The summed E-state index contributed by atoms with van der Waals surface area (Å²) < 4.78 is 0. The predicted molar refractivity (Wildman–Crippen MR) is 74.0 cm³/mol. The third kappa shape index (κ3) is 2.67. The van der Waals surface area contributed by atoms with Crippen molar-refractivity contribution in [3.63, 3.8) is 0 Å². The van der Waals surface area contributed by atoms with E-state index in [1.165, 1.54) is 0 Å². The number of thiophene rings is 1. The Morgan fingerprint density at radius 3 is 2.89 bits per heavy atom. The first-order valence-corrected chi connectivity index (χ1v) is 6.46. The number of carbonyl (C=O) groups is 1. The van der Waals surface area contributed by atoms with Crippen molar-refractivity contribution in [3.8, 4) is 0 Å². The molecule has 2 aromatic heterocycles. The van der Waals surface area contributed by atoms with E-state index in [1.54, 1.807) is 11.3 Å². The maximum atomic E-state index is 10.8. The zero-order chi connectivity index (χ0) is 13.1. The van der Waals surface area contributed by atoms with Gasteiger partial charge in [0, 0.05) is 11.4 Å². The van der Waals surface area contributed by atoms with Gasteiger partial charge in [-0.05, 0) is 19.9 Å². The van der Waals surface area contributed by atoms with Gasteiger partial charge in [-0.2, -0.15) is 4.98 Å². The molecule has 0 aliphatic rings. The third-order valence-corrected chi connectivity index (χ3v) is 3.23. The molecule has 0 saturated carbocycles. The van der Waals surface area contributed by atoms with Crippen molar-refractivity contribution < 1.29 is 4.79 Å². The Balaban J connectivity index is 2.42. The summed E-state index contributed by atoms with van der Waals surface area (Å²) in [5.74, 6) is 0.775. The van der Waals surface area contributed by atoms with Crippen LogP contribution in [-0.4, -0.2) is 29.0 Å². The van der Waals surface area contributed by atoms with E-state index >= 15 is 0 Å². The normalized spacial score (nSPS) is 10.6. The lowest BCUT2D eigenvalue weighted by molar-refractivity contribution is -0.116. The number of anilines is 2. The summed E-state index contributed by atoms with van der Waals surface area (Å²) in [5, 5.41) is 6.92. The lowest BCUT2D eigenvalue weighted by Crippen LogP contribution is -2.22. The van der Waals surface area contributed by atoms with Crippen LogP contribution >= 0.6 is 11.3 Å². The minimum atomic E-state index is -0.418. The van der Waals surface area contributed by atoms with Gasteiger partial charge in [0.15, 0.2) is 0 Å². The molecule has 0 fully saturated rings. The Labute approximate surface area is 109 Å². The summed E-state index contributed by atoms with van der Waals surface area (Å²) in [7, 11) is 0. The molecule has 7 heteroatoms. The molecule has 0 radical (unpaired) electrons. The van der Waals surface area contributed by atoms with Gasteiger partial charge in [-0.15, -0.1) is 11.3 Å². The minimum Gasteiger partial charge on any atom is -0.368 e. The number of aryl methyl sites for hydroxylation is 1. The van der Waals surface area contributed by atoms with E-state index < -0.39 is 5.91 Å². The van der Waals surface area contributed by atoms with Crippen LogP contribution in [0.4, 0.5) is 11.8 Å². The quantitative estimate of drug-likeness (QED) is 0.758. The second kappa shape index (κ2) is 5.18. The Hall–Kier alpha value is -1.89. The number of aromatic nitrogens is 2. The van der Waals surface area contributed by atoms with Gasteiger partial charge in [0.25, 0.3) is 0 Å². The molecule has 2 aromatic rings. The van der Waals surface area contributed by atoms with E-state index in [1.807, 2.05) is 19.9 Å². The van der Waals surface area contributed by atoms with Crippen LogP contribution in [0.5, 0.6) is 0 Å². The van der Waals surface area contributed by atoms with Gasteiger partial charge in [-0.3, -0.25) is 4.79 Å². The highest BCUT2D eigenvalue weighted by Gasteiger charge is 2.10. The highest BCUT2D eigenvalue weighted by Crippen LogP contribution is 2.29. The lowest BCUT2D eigenvalue weighted by Gasteiger charge is -2.07. The molecule has 6 nitrogen and oxygen atoms in total. The van der Waals surface area contributed by atoms with E-state index in [2.05, 4.69) is 20.6 Å². The molecular formula is C11H15N5OS. The monoisotopic (exact) mass is 265 g/mol. The van der Waals surface area contributed by atoms with Gasteiger partial charge in [-0.1, -0.05) is 0 Å². The molecule has 0 atom stereocenters. The molecule has 0 unspecified atom stereocenters. The van der Waals surface area contributed by atoms with Crippen LogP contribution in [-0.2, 0) is 4.79 Å². The minimum absolute atomic E-state index is 0.0621. The van der Waals surface area contributed by atoms with Crippen LogP contribution in [0.15, 0.2) is 6.07 Å². The van der Waals surface area contributed by atoms with Crippen LogP contribution in [0.3, 0.4) is 0 Å². The second-order valence-corrected chi connectivity index (χ2v) is 5.06. The smallest absolute Gasteiger partial charge is 0.236 e. The Morgan fingerprint density at radius 2 is 2.22 bits per heavy atom. The van der Waals surface area contributed by atoms with Gasteiger partial charge in [0.1, 0.15) is 10.6 Å². The first kappa shape index (κ1) is 12.6. The maximum Gasteiger partial charge on any atom is 0.236 e. The van der Waals surface area contributed by atoms with Gasteiger partial charge in [0.2, 0.25) is 11.9 Å². The van der Waals surface area contributed by atoms with Crippen molar-refractivity contribution in [2.45, 2.75) is 13.8 Å². The van der Waals surface area contributed by atoms with Gasteiger partial charge >= 0.3 is 0 Å². The topological polar surface area (TPSA) is 92.9 Å². The van der Waals surface area contributed by atoms with E-state index in [0.29, 0.717) is 11.8 Å². The zero-order valence-electron chi connectivity index (χ0n) is 10.3. The Morgan fingerprint density at radius 1 is 1.44 bits per heavy atom. The van der Waals surface area contributed by atoms with Gasteiger partial charge in [-0.25, -0.2) is 4.98 Å². The van der Waals surface area contributed by atoms with Crippen LogP contribution in [0.1, 0.15) is 11.8 Å². The summed E-state index contributed by atoms with van der Waals surface area (Å²) in [6.45, 7) is 4.79. The fourth-order valence-electron chi connectivity index (χ4n) is 1.58. The van der Waals surface area contributed by atoms with Crippen molar-refractivity contribution in [3.05, 3.63) is 10.9 Å². The molecule has 0 aliphatic carbocycles. The molecule has 4 N–H and O–H groups in total. The maximum absolute atomic E-state index is 10.8. The van der Waals surface area contributed by atoms with Crippen molar-refractivity contribution in [1.82, 2.24) is 9.97 Å². The molecule has 0 spiro atoms. The zero-order valence-corrected chi connectivity index (χ0v) is 11.1. The first-order valence-electron chi connectivity index (χ1n) is 5.64. The molecule has 2 heterocycles. The molecule has 1 amide bonds. The fourth-order valence-corrected chi connectivity index (χ4v) is 2.46. The molecule has 0 bridgehead atoms. The highest BCUT2D eigenvalue weighted by molar-refractivity contribution is 7.18. The van der Waals surface area contributed by atoms with E-state index in [9.17, 15) is 4.79 Å².